The second kappa shape index (κ2) is 11.2. The maximum atomic E-state index is 12.9. The van der Waals surface area contributed by atoms with Gasteiger partial charge in [0.15, 0.2) is 0 Å². The summed E-state index contributed by atoms with van der Waals surface area (Å²) in [6.45, 7) is 10.3. The van der Waals surface area contributed by atoms with Gasteiger partial charge >= 0.3 is 6.09 Å². The van der Waals surface area contributed by atoms with Crippen molar-refractivity contribution in [2.24, 2.45) is 0 Å². The zero-order valence-electron chi connectivity index (χ0n) is 22.9. The molecular formula is C29H33N5O5. The summed E-state index contributed by atoms with van der Waals surface area (Å²) in [5.41, 5.74) is 3.30. The number of ether oxygens (including phenoxy) is 1. The topological polar surface area (TPSA) is 133 Å². The molecule has 1 N–H and O–H groups in total. The Hall–Kier alpha value is -4.39. The van der Waals surface area contributed by atoms with E-state index in [-0.39, 0.29) is 25.0 Å². The van der Waals surface area contributed by atoms with Gasteiger partial charge in [0.1, 0.15) is 11.8 Å². The normalized spacial score (nSPS) is 13.1. The highest BCUT2D eigenvalue weighted by molar-refractivity contribution is 5.78. The third-order valence-electron chi connectivity index (χ3n) is 6.59. The van der Waals surface area contributed by atoms with Crippen LogP contribution >= 0.6 is 0 Å². The Labute approximate surface area is 227 Å². The number of nitriles is 1. The van der Waals surface area contributed by atoms with Gasteiger partial charge in [-0.2, -0.15) is 10.2 Å². The van der Waals surface area contributed by atoms with Crippen molar-refractivity contribution in [1.82, 2.24) is 19.9 Å². The molecule has 2 amide bonds. The van der Waals surface area contributed by atoms with E-state index in [4.69, 9.17) is 9.26 Å². The van der Waals surface area contributed by atoms with Crippen molar-refractivity contribution >= 4 is 12.0 Å². The number of amides is 2. The summed E-state index contributed by atoms with van der Waals surface area (Å²) in [4.78, 5) is 32.2. The van der Waals surface area contributed by atoms with E-state index in [1.165, 1.54) is 4.90 Å². The van der Waals surface area contributed by atoms with E-state index in [1.807, 2.05) is 52.8 Å². The number of aromatic nitrogens is 2. The monoisotopic (exact) mass is 531 g/mol. The number of hydrogen-bond donors (Lipinski definition) is 1. The van der Waals surface area contributed by atoms with Crippen LogP contribution < -0.4 is 4.74 Å². The first kappa shape index (κ1) is 27.6. The third-order valence-corrected chi connectivity index (χ3v) is 6.59. The van der Waals surface area contributed by atoms with Gasteiger partial charge in [0.05, 0.1) is 11.7 Å². The lowest BCUT2D eigenvalue weighted by Crippen LogP contribution is -2.47. The van der Waals surface area contributed by atoms with E-state index in [0.717, 1.165) is 16.7 Å². The maximum Gasteiger partial charge on any atom is 0.407 e. The molecule has 0 spiro atoms. The highest BCUT2D eigenvalue weighted by atomic mass is 16.5. The minimum Gasteiger partial charge on any atom is -0.490 e. The molecule has 10 heteroatoms. The Morgan fingerprint density at radius 3 is 2.69 bits per heavy atom. The van der Waals surface area contributed by atoms with Crippen molar-refractivity contribution in [2.45, 2.75) is 65.6 Å². The first-order valence-corrected chi connectivity index (χ1v) is 12.9. The van der Waals surface area contributed by atoms with Crippen LogP contribution in [-0.2, 0) is 17.8 Å². The van der Waals surface area contributed by atoms with Gasteiger partial charge in [-0.3, -0.25) is 4.79 Å². The number of fused-ring (bicyclic) bond motifs is 1. The molecule has 39 heavy (non-hydrogen) atoms. The molecule has 10 nitrogen and oxygen atoms in total. The van der Waals surface area contributed by atoms with Gasteiger partial charge in [0.25, 0.3) is 5.89 Å². The fourth-order valence-electron chi connectivity index (χ4n) is 4.67. The Balaban J connectivity index is 1.50. The van der Waals surface area contributed by atoms with Crippen molar-refractivity contribution in [3.63, 3.8) is 0 Å². The number of hydrogen-bond acceptors (Lipinski definition) is 7. The van der Waals surface area contributed by atoms with Crippen molar-refractivity contribution < 1.29 is 24.0 Å². The van der Waals surface area contributed by atoms with Crippen LogP contribution in [0.1, 0.15) is 57.7 Å². The minimum atomic E-state index is -1.04. The second-order valence-corrected chi connectivity index (χ2v) is 10.8. The van der Waals surface area contributed by atoms with Crippen LogP contribution in [0.2, 0.25) is 0 Å². The minimum absolute atomic E-state index is 0.0589. The van der Waals surface area contributed by atoms with Gasteiger partial charge in [0, 0.05) is 42.7 Å². The molecule has 0 unspecified atom stereocenters. The van der Waals surface area contributed by atoms with E-state index >= 15 is 0 Å². The van der Waals surface area contributed by atoms with Crippen LogP contribution in [0.15, 0.2) is 40.9 Å². The summed E-state index contributed by atoms with van der Waals surface area (Å²) >= 11 is 0. The molecule has 204 valence electrons. The first-order valence-electron chi connectivity index (χ1n) is 12.9. The second-order valence-electron chi connectivity index (χ2n) is 10.8. The van der Waals surface area contributed by atoms with Crippen LogP contribution in [-0.4, -0.2) is 61.8 Å². The summed E-state index contributed by atoms with van der Waals surface area (Å²) in [5, 5.41) is 23.3. The van der Waals surface area contributed by atoms with Crippen molar-refractivity contribution in [1.29, 1.82) is 5.26 Å². The molecule has 0 saturated heterocycles. The molecule has 0 saturated carbocycles. The number of carbonyl (C=O) groups is 2. The fourth-order valence-corrected chi connectivity index (χ4v) is 4.67. The van der Waals surface area contributed by atoms with Crippen LogP contribution in [0.5, 0.6) is 5.75 Å². The predicted molar refractivity (Wildman–Crippen MR) is 144 cm³/mol. The quantitative estimate of drug-likeness (QED) is 0.444. The summed E-state index contributed by atoms with van der Waals surface area (Å²) < 4.78 is 11.2. The number of carboxylic acid groups (broad SMARTS) is 1. The number of rotatable bonds is 7. The van der Waals surface area contributed by atoms with Crippen LogP contribution in [0, 0.1) is 11.3 Å². The zero-order valence-corrected chi connectivity index (χ0v) is 22.9. The van der Waals surface area contributed by atoms with Gasteiger partial charge in [0.2, 0.25) is 11.7 Å². The summed E-state index contributed by atoms with van der Waals surface area (Å²) in [5.74, 6) is 1.15. The predicted octanol–water partition coefficient (Wildman–Crippen LogP) is 5.12. The SMILES string of the molecule is CC(C)Oc1ccc(-c2nc(-c3cccc4c3CCN(C(=O)CCN(C(=O)O)C(C)(C)C)C4)no2)cc1C#N. The highest BCUT2D eigenvalue weighted by Crippen LogP contribution is 2.32. The molecule has 3 aromatic rings. The highest BCUT2D eigenvalue weighted by Gasteiger charge is 2.29. The van der Waals surface area contributed by atoms with Crippen molar-refractivity contribution in [2.75, 3.05) is 13.1 Å². The van der Waals surface area contributed by atoms with E-state index in [9.17, 15) is 20.0 Å². The van der Waals surface area contributed by atoms with Gasteiger partial charge in [-0.15, -0.1) is 0 Å². The lowest BCUT2D eigenvalue weighted by molar-refractivity contribution is -0.132. The summed E-state index contributed by atoms with van der Waals surface area (Å²) in [6.07, 6.45) is -0.357. The maximum absolute atomic E-state index is 12.9. The zero-order chi connectivity index (χ0) is 28.3. The van der Waals surface area contributed by atoms with Gasteiger partial charge < -0.3 is 24.2 Å². The molecule has 1 aliphatic rings. The Morgan fingerprint density at radius 1 is 1.26 bits per heavy atom. The number of nitrogens with zero attached hydrogens (tertiary/aromatic N) is 5. The molecule has 0 radical (unpaired) electrons. The third kappa shape index (κ3) is 6.20. The molecule has 1 aliphatic heterocycles. The Kier molecular flexibility index (Phi) is 7.90. The lowest BCUT2D eigenvalue weighted by atomic mass is 9.94. The van der Waals surface area contributed by atoms with Crippen molar-refractivity contribution in [3.8, 4) is 34.7 Å². The van der Waals surface area contributed by atoms with Gasteiger partial charge in [-0.1, -0.05) is 23.4 Å². The molecule has 1 aromatic heterocycles. The molecule has 2 heterocycles. The smallest absolute Gasteiger partial charge is 0.407 e. The molecule has 0 bridgehead atoms. The van der Waals surface area contributed by atoms with Crippen LogP contribution in [0.4, 0.5) is 4.79 Å². The Morgan fingerprint density at radius 2 is 2.03 bits per heavy atom. The molecule has 4 rings (SSSR count). The standard InChI is InChI=1S/C29H33N5O5/c1-18(2)38-24-10-9-19(15-21(24)16-30)27-31-26(32-39-27)23-8-6-7-20-17-33(13-11-22(20)23)25(35)12-14-34(28(36)37)29(3,4)5/h6-10,15,18H,11-14,17H2,1-5H3,(H,36,37). The first-order chi connectivity index (χ1) is 18.5. The Bertz CT molecular complexity index is 1420. The molecular weight excluding hydrogens is 498 g/mol. The van der Waals surface area contributed by atoms with E-state index < -0.39 is 11.6 Å². The van der Waals surface area contributed by atoms with E-state index in [1.54, 1.807) is 23.1 Å². The van der Waals surface area contributed by atoms with E-state index in [0.29, 0.717) is 48.1 Å². The molecule has 2 aromatic carbocycles. The lowest BCUT2D eigenvalue weighted by Gasteiger charge is -2.34. The van der Waals surface area contributed by atoms with Crippen LogP contribution in [0.25, 0.3) is 22.8 Å². The molecule has 0 fully saturated rings. The van der Waals surface area contributed by atoms with Crippen LogP contribution in [0.3, 0.4) is 0 Å². The molecule has 0 aliphatic carbocycles. The average Bonchev–Trinajstić information content (AvgIpc) is 3.37. The number of benzene rings is 2. The average molecular weight is 532 g/mol. The number of carbonyl (C=O) groups excluding carboxylic acids is 1. The fraction of sp³-hybridized carbons (Fsp3) is 0.414. The largest absolute Gasteiger partial charge is 0.490 e. The summed E-state index contributed by atoms with van der Waals surface area (Å²) in [6, 6.07) is 13.1. The van der Waals surface area contributed by atoms with Crippen molar-refractivity contribution in [3.05, 3.63) is 53.1 Å². The van der Waals surface area contributed by atoms with E-state index in [2.05, 4.69) is 16.2 Å². The summed E-state index contributed by atoms with van der Waals surface area (Å²) in [7, 11) is 0. The molecule has 0 atom stereocenters. The van der Waals surface area contributed by atoms with Gasteiger partial charge in [-0.25, -0.2) is 4.79 Å². The van der Waals surface area contributed by atoms with Gasteiger partial charge in [-0.05, 0) is 70.4 Å².